The molecular formula is C9H14N2O2. The maximum atomic E-state index is 5.66. The van der Waals surface area contributed by atoms with Gasteiger partial charge in [-0.15, -0.1) is 0 Å². The lowest BCUT2D eigenvalue weighted by Crippen LogP contribution is -2.06. The van der Waals surface area contributed by atoms with Crippen LogP contribution in [0.5, 0.6) is 5.75 Å². The Kier molecular flexibility index (Phi) is 3.40. The van der Waals surface area contributed by atoms with Gasteiger partial charge in [-0.2, -0.15) is 0 Å². The van der Waals surface area contributed by atoms with Gasteiger partial charge in [-0.05, 0) is 18.2 Å². The van der Waals surface area contributed by atoms with E-state index in [1.807, 2.05) is 0 Å². The van der Waals surface area contributed by atoms with Crippen LogP contribution in [0.15, 0.2) is 18.2 Å². The quantitative estimate of drug-likeness (QED) is 0.535. The summed E-state index contributed by atoms with van der Waals surface area (Å²) in [5.74, 6) is 0.645. The maximum Gasteiger partial charge on any atom is 0.142 e. The molecule has 0 atom stereocenters. The monoisotopic (exact) mass is 182 g/mol. The van der Waals surface area contributed by atoms with Gasteiger partial charge in [-0.25, -0.2) is 0 Å². The number of benzene rings is 1. The van der Waals surface area contributed by atoms with Crippen molar-refractivity contribution >= 4 is 11.4 Å². The highest BCUT2D eigenvalue weighted by Gasteiger charge is 1.99. The molecule has 0 unspecified atom stereocenters. The fourth-order valence-electron chi connectivity index (χ4n) is 0.933. The first kappa shape index (κ1) is 9.67. The van der Waals surface area contributed by atoms with Gasteiger partial charge in [0.25, 0.3) is 0 Å². The molecule has 0 heterocycles. The Labute approximate surface area is 77.4 Å². The van der Waals surface area contributed by atoms with E-state index in [1.54, 1.807) is 25.3 Å². The summed E-state index contributed by atoms with van der Waals surface area (Å²) in [5, 5.41) is 0. The molecule has 0 amide bonds. The first-order valence-corrected chi connectivity index (χ1v) is 4.01. The molecule has 0 aliphatic rings. The fraction of sp³-hybridized carbons (Fsp3) is 0.333. The zero-order valence-electron chi connectivity index (χ0n) is 7.62. The Morgan fingerprint density at radius 1 is 1.23 bits per heavy atom. The Bertz CT molecular complexity index is 276. The van der Waals surface area contributed by atoms with Gasteiger partial charge >= 0.3 is 0 Å². The largest absolute Gasteiger partial charge is 0.489 e. The van der Waals surface area contributed by atoms with E-state index in [2.05, 4.69) is 0 Å². The first-order chi connectivity index (χ1) is 6.24. The minimum absolute atomic E-state index is 0.491. The second-order valence-electron chi connectivity index (χ2n) is 2.64. The van der Waals surface area contributed by atoms with E-state index in [0.29, 0.717) is 30.3 Å². The third kappa shape index (κ3) is 2.83. The van der Waals surface area contributed by atoms with Crippen molar-refractivity contribution < 1.29 is 9.47 Å². The number of hydrogen-bond donors (Lipinski definition) is 2. The highest BCUT2D eigenvalue weighted by molar-refractivity contribution is 5.60. The molecule has 0 bridgehead atoms. The zero-order valence-corrected chi connectivity index (χ0v) is 7.62. The SMILES string of the molecule is COCCOc1ccc(N)cc1N. The molecule has 72 valence electrons. The molecule has 0 saturated carbocycles. The summed E-state index contributed by atoms with van der Waals surface area (Å²) in [4.78, 5) is 0. The molecule has 0 aromatic heterocycles. The standard InChI is InChI=1S/C9H14N2O2/c1-12-4-5-13-9-3-2-7(10)6-8(9)11/h2-3,6H,4-5,10-11H2,1H3. The smallest absolute Gasteiger partial charge is 0.142 e. The summed E-state index contributed by atoms with van der Waals surface area (Å²) in [6.45, 7) is 1.04. The first-order valence-electron chi connectivity index (χ1n) is 4.01. The molecule has 0 aliphatic carbocycles. The van der Waals surface area contributed by atoms with E-state index in [9.17, 15) is 0 Å². The molecule has 4 nitrogen and oxygen atoms in total. The number of anilines is 2. The van der Waals surface area contributed by atoms with E-state index >= 15 is 0 Å². The minimum Gasteiger partial charge on any atom is -0.489 e. The van der Waals surface area contributed by atoms with Gasteiger partial charge in [-0.3, -0.25) is 0 Å². The second-order valence-corrected chi connectivity index (χ2v) is 2.64. The molecule has 1 aromatic carbocycles. The summed E-state index contributed by atoms with van der Waals surface area (Å²) in [6, 6.07) is 5.17. The average molecular weight is 182 g/mol. The predicted molar refractivity (Wildman–Crippen MR) is 52.6 cm³/mol. The predicted octanol–water partition coefficient (Wildman–Crippen LogP) is 0.876. The van der Waals surface area contributed by atoms with Crippen LogP contribution in [0.3, 0.4) is 0 Å². The van der Waals surface area contributed by atoms with Gasteiger partial charge < -0.3 is 20.9 Å². The van der Waals surface area contributed by atoms with Crippen LogP contribution in [-0.2, 0) is 4.74 Å². The molecule has 0 spiro atoms. The second kappa shape index (κ2) is 4.57. The van der Waals surface area contributed by atoms with Crippen LogP contribution in [0, 0.1) is 0 Å². The van der Waals surface area contributed by atoms with Gasteiger partial charge in [0.1, 0.15) is 12.4 Å². The minimum atomic E-state index is 0.491. The van der Waals surface area contributed by atoms with Crippen molar-refractivity contribution in [2.24, 2.45) is 0 Å². The molecule has 0 aliphatic heterocycles. The third-order valence-corrected chi connectivity index (χ3v) is 1.58. The van der Waals surface area contributed by atoms with Crippen LogP contribution < -0.4 is 16.2 Å². The molecule has 4 heteroatoms. The summed E-state index contributed by atoms with van der Waals surface area (Å²) >= 11 is 0. The number of nitrogen functional groups attached to an aromatic ring is 2. The highest BCUT2D eigenvalue weighted by atomic mass is 16.5. The Balaban J connectivity index is 2.56. The van der Waals surface area contributed by atoms with Crippen molar-refractivity contribution in [2.45, 2.75) is 0 Å². The van der Waals surface area contributed by atoms with Crippen molar-refractivity contribution in [3.63, 3.8) is 0 Å². The number of rotatable bonds is 4. The van der Waals surface area contributed by atoms with E-state index < -0.39 is 0 Å². The van der Waals surface area contributed by atoms with Crippen molar-refractivity contribution in [3.8, 4) is 5.75 Å². The number of ether oxygens (including phenoxy) is 2. The lowest BCUT2D eigenvalue weighted by Gasteiger charge is -2.08. The molecule has 1 aromatic rings. The molecule has 13 heavy (non-hydrogen) atoms. The van der Waals surface area contributed by atoms with Gasteiger partial charge in [0, 0.05) is 12.8 Å². The number of hydrogen-bond acceptors (Lipinski definition) is 4. The summed E-state index contributed by atoms with van der Waals surface area (Å²) in [5.41, 5.74) is 12.4. The summed E-state index contributed by atoms with van der Waals surface area (Å²) in [7, 11) is 1.62. The van der Waals surface area contributed by atoms with E-state index in [1.165, 1.54) is 0 Å². The normalized spacial score (nSPS) is 9.92. The molecule has 0 fully saturated rings. The van der Waals surface area contributed by atoms with Crippen LogP contribution >= 0.6 is 0 Å². The van der Waals surface area contributed by atoms with Crippen molar-refractivity contribution in [1.29, 1.82) is 0 Å². The lowest BCUT2D eigenvalue weighted by molar-refractivity contribution is 0.147. The van der Waals surface area contributed by atoms with Crippen molar-refractivity contribution in [3.05, 3.63) is 18.2 Å². The van der Waals surface area contributed by atoms with Crippen LogP contribution in [0.25, 0.3) is 0 Å². The number of methoxy groups -OCH3 is 1. The molecule has 4 N–H and O–H groups in total. The van der Waals surface area contributed by atoms with Gasteiger partial charge in [-0.1, -0.05) is 0 Å². The molecular weight excluding hydrogens is 168 g/mol. The number of nitrogens with two attached hydrogens (primary N) is 2. The highest BCUT2D eigenvalue weighted by Crippen LogP contribution is 2.23. The topological polar surface area (TPSA) is 70.5 Å². The zero-order chi connectivity index (χ0) is 9.68. The van der Waals surface area contributed by atoms with Crippen LogP contribution in [0.2, 0.25) is 0 Å². The van der Waals surface area contributed by atoms with Crippen LogP contribution in [0.4, 0.5) is 11.4 Å². The molecule has 0 radical (unpaired) electrons. The Morgan fingerprint density at radius 2 is 2.00 bits per heavy atom. The average Bonchev–Trinajstić information content (AvgIpc) is 2.09. The van der Waals surface area contributed by atoms with Crippen molar-refractivity contribution in [2.75, 3.05) is 31.8 Å². The summed E-state index contributed by atoms with van der Waals surface area (Å²) < 4.78 is 10.2. The van der Waals surface area contributed by atoms with Gasteiger partial charge in [0.05, 0.1) is 12.3 Å². The molecule has 1 rings (SSSR count). The third-order valence-electron chi connectivity index (χ3n) is 1.58. The van der Waals surface area contributed by atoms with Gasteiger partial charge in [0.15, 0.2) is 0 Å². The maximum absolute atomic E-state index is 5.66. The lowest BCUT2D eigenvalue weighted by atomic mass is 10.2. The molecule has 0 saturated heterocycles. The van der Waals surface area contributed by atoms with E-state index in [-0.39, 0.29) is 0 Å². The summed E-state index contributed by atoms with van der Waals surface area (Å²) in [6.07, 6.45) is 0. The Hall–Kier alpha value is -1.42. The van der Waals surface area contributed by atoms with Crippen LogP contribution in [-0.4, -0.2) is 20.3 Å². The van der Waals surface area contributed by atoms with Crippen LogP contribution in [0.1, 0.15) is 0 Å². The van der Waals surface area contributed by atoms with E-state index in [0.717, 1.165) is 0 Å². The van der Waals surface area contributed by atoms with Gasteiger partial charge in [0.2, 0.25) is 0 Å². The van der Waals surface area contributed by atoms with E-state index in [4.69, 9.17) is 20.9 Å². The van der Waals surface area contributed by atoms with Crippen molar-refractivity contribution in [1.82, 2.24) is 0 Å². The fourth-order valence-corrected chi connectivity index (χ4v) is 0.933. The Morgan fingerprint density at radius 3 is 2.62 bits per heavy atom.